The summed E-state index contributed by atoms with van der Waals surface area (Å²) >= 11 is 0. The van der Waals surface area contributed by atoms with Gasteiger partial charge in [-0.15, -0.1) is 12.4 Å². The van der Waals surface area contributed by atoms with Crippen molar-refractivity contribution in [1.29, 1.82) is 0 Å². The topological polar surface area (TPSA) is 32.3 Å². The minimum Gasteiger partial charge on any atom is -0.342 e. The number of carbonyl (C=O) groups is 1. The first-order chi connectivity index (χ1) is 8.61. The third kappa shape index (κ3) is 2.92. The van der Waals surface area contributed by atoms with Crippen molar-refractivity contribution in [2.45, 2.75) is 39.5 Å². The maximum atomic E-state index is 12.6. The molecular weight excluding hydrogens is 260 g/mol. The monoisotopic (exact) mass is 286 g/mol. The molecule has 3 rings (SSSR count). The summed E-state index contributed by atoms with van der Waals surface area (Å²) in [4.78, 5) is 14.8. The molecule has 3 fully saturated rings. The Labute approximate surface area is 122 Å². The molecule has 3 nitrogen and oxygen atoms in total. The van der Waals surface area contributed by atoms with Crippen LogP contribution in [0.2, 0.25) is 0 Å². The van der Waals surface area contributed by atoms with Crippen molar-refractivity contribution in [3.63, 3.8) is 0 Å². The van der Waals surface area contributed by atoms with Crippen LogP contribution < -0.4 is 5.32 Å². The average molecular weight is 287 g/mol. The van der Waals surface area contributed by atoms with E-state index in [9.17, 15) is 4.79 Å². The van der Waals surface area contributed by atoms with E-state index in [0.717, 1.165) is 32.6 Å². The van der Waals surface area contributed by atoms with Gasteiger partial charge in [-0.1, -0.05) is 13.8 Å². The zero-order valence-electron chi connectivity index (χ0n) is 12.2. The van der Waals surface area contributed by atoms with Crippen LogP contribution in [0, 0.1) is 23.2 Å². The molecule has 4 heteroatoms. The molecule has 1 aliphatic carbocycles. The standard InChI is InChI=1S/C15H26N2O.ClH/c1-11-7-12(2)10-17(9-11)14(18)13-8-15(13)3-5-16-6-4-15;/h11-13,16H,3-10H2,1-2H3;1H. The molecule has 0 aromatic heterocycles. The van der Waals surface area contributed by atoms with Gasteiger partial charge in [0.15, 0.2) is 0 Å². The number of likely N-dealkylation sites (tertiary alicyclic amines) is 1. The number of rotatable bonds is 1. The first kappa shape index (κ1) is 15.1. The molecule has 110 valence electrons. The maximum absolute atomic E-state index is 12.6. The lowest BCUT2D eigenvalue weighted by Crippen LogP contribution is -2.44. The van der Waals surface area contributed by atoms with Crippen molar-refractivity contribution in [3.05, 3.63) is 0 Å². The SMILES string of the molecule is CC1CC(C)CN(C(=O)C2CC23CCNCC3)C1.Cl. The van der Waals surface area contributed by atoms with E-state index in [0.29, 0.717) is 29.1 Å². The minimum absolute atomic E-state index is 0. The third-order valence-corrected chi connectivity index (χ3v) is 5.27. The van der Waals surface area contributed by atoms with Gasteiger partial charge in [-0.2, -0.15) is 0 Å². The predicted octanol–water partition coefficient (Wildman–Crippen LogP) is 2.30. The molecule has 2 heterocycles. The number of carbonyl (C=O) groups excluding carboxylic acids is 1. The maximum Gasteiger partial charge on any atom is 0.226 e. The number of nitrogens with one attached hydrogen (secondary N) is 1. The molecule has 3 aliphatic rings. The lowest BCUT2D eigenvalue weighted by Gasteiger charge is -2.36. The van der Waals surface area contributed by atoms with Crippen molar-refractivity contribution in [2.24, 2.45) is 23.2 Å². The molecule has 1 N–H and O–H groups in total. The molecule has 1 amide bonds. The largest absolute Gasteiger partial charge is 0.342 e. The third-order valence-electron chi connectivity index (χ3n) is 5.27. The summed E-state index contributed by atoms with van der Waals surface area (Å²) in [5, 5.41) is 3.41. The molecule has 3 atom stereocenters. The zero-order valence-corrected chi connectivity index (χ0v) is 13.0. The molecule has 0 aromatic rings. The Morgan fingerprint density at radius 3 is 2.32 bits per heavy atom. The fraction of sp³-hybridized carbons (Fsp3) is 0.933. The van der Waals surface area contributed by atoms with E-state index in [1.165, 1.54) is 19.3 Å². The van der Waals surface area contributed by atoms with E-state index in [1.54, 1.807) is 0 Å². The van der Waals surface area contributed by atoms with Crippen molar-refractivity contribution in [3.8, 4) is 0 Å². The van der Waals surface area contributed by atoms with Crippen LogP contribution in [0.1, 0.15) is 39.5 Å². The van der Waals surface area contributed by atoms with E-state index in [4.69, 9.17) is 0 Å². The Balaban J connectivity index is 0.00000133. The van der Waals surface area contributed by atoms with Crippen LogP contribution >= 0.6 is 12.4 Å². The Bertz CT molecular complexity index is 331. The van der Waals surface area contributed by atoms with Crippen LogP contribution in [0.15, 0.2) is 0 Å². The normalized spacial score (nSPS) is 36.7. The summed E-state index contributed by atoms with van der Waals surface area (Å²) in [5.41, 5.74) is 0.395. The molecule has 1 saturated carbocycles. The van der Waals surface area contributed by atoms with Crippen LogP contribution in [0.3, 0.4) is 0 Å². The van der Waals surface area contributed by atoms with Gasteiger partial charge in [0.1, 0.15) is 0 Å². The van der Waals surface area contributed by atoms with Crippen molar-refractivity contribution < 1.29 is 4.79 Å². The molecule has 19 heavy (non-hydrogen) atoms. The van der Waals surface area contributed by atoms with Crippen molar-refractivity contribution in [1.82, 2.24) is 10.2 Å². The number of hydrogen-bond donors (Lipinski definition) is 1. The Hall–Kier alpha value is -0.280. The highest BCUT2D eigenvalue weighted by Gasteiger charge is 2.58. The van der Waals surface area contributed by atoms with Crippen LogP contribution in [0.25, 0.3) is 0 Å². The highest BCUT2D eigenvalue weighted by Crippen LogP contribution is 2.59. The van der Waals surface area contributed by atoms with E-state index >= 15 is 0 Å². The quantitative estimate of drug-likeness (QED) is 0.802. The van der Waals surface area contributed by atoms with Crippen molar-refractivity contribution >= 4 is 18.3 Å². The molecular formula is C15H27ClN2O. The highest BCUT2D eigenvalue weighted by molar-refractivity contribution is 5.85. The van der Waals surface area contributed by atoms with Crippen LogP contribution in [0.4, 0.5) is 0 Å². The molecule has 1 spiro atoms. The second-order valence-electron chi connectivity index (χ2n) is 7.06. The van der Waals surface area contributed by atoms with E-state index in [2.05, 4.69) is 24.1 Å². The molecule has 2 aliphatic heterocycles. The fourth-order valence-electron chi connectivity index (χ4n) is 4.24. The fourth-order valence-corrected chi connectivity index (χ4v) is 4.24. The summed E-state index contributed by atoms with van der Waals surface area (Å²) < 4.78 is 0. The Kier molecular flexibility index (Phi) is 4.46. The molecule has 2 saturated heterocycles. The summed E-state index contributed by atoms with van der Waals surface area (Å²) in [6, 6.07) is 0. The summed E-state index contributed by atoms with van der Waals surface area (Å²) in [5.74, 6) is 2.19. The molecule has 0 radical (unpaired) electrons. The first-order valence-corrected chi connectivity index (χ1v) is 7.60. The molecule has 3 unspecified atom stereocenters. The summed E-state index contributed by atoms with van der Waals surface area (Å²) in [6.45, 7) is 8.77. The van der Waals surface area contributed by atoms with Crippen LogP contribution in [-0.4, -0.2) is 37.0 Å². The number of hydrogen-bond acceptors (Lipinski definition) is 2. The molecule has 0 bridgehead atoms. The van der Waals surface area contributed by atoms with Gasteiger partial charge in [0, 0.05) is 19.0 Å². The van der Waals surface area contributed by atoms with Gasteiger partial charge in [0.2, 0.25) is 5.91 Å². The van der Waals surface area contributed by atoms with Gasteiger partial charge in [-0.25, -0.2) is 0 Å². The average Bonchev–Trinajstić information content (AvgIpc) is 3.01. The van der Waals surface area contributed by atoms with E-state index in [1.807, 2.05) is 0 Å². The first-order valence-electron chi connectivity index (χ1n) is 7.60. The van der Waals surface area contributed by atoms with Gasteiger partial charge in [-0.3, -0.25) is 4.79 Å². The van der Waals surface area contributed by atoms with Crippen LogP contribution in [-0.2, 0) is 4.79 Å². The minimum atomic E-state index is 0. The second kappa shape index (κ2) is 5.61. The van der Waals surface area contributed by atoms with E-state index < -0.39 is 0 Å². The smallest absolute Gasteiger partial charge is 0.226 e. The Morgan fingerprint density at radius 2 is 1.74 bits per heavy atom. The predicted molar refractivity (Wildman–Crippen MR) is 79.4 cm³/mol. The van der Waals surface area contributed by atoms with Crippen molar-refractivity contribution in [2.75, 3.05) is 26.2 Å². The van der Waals surface area contributed by atoms with Crippen LogP contribution in [0.5, 0.6) is 0 Å². The lowest BCUT2D eigenvalue weighted by molar-refractivity contribution is -0.136. The second-order valence-corrected chi connectivity index (χ2v) is 7.06. The highest BCUT2D eigenvalue weighted by atomic mass is 35.5. The van der Waals surface area contributed by atoms with Gasteiger partial charge < -0.3 is 10.2 Å². The number of amides is 1. The lowest BCUT2D eigenvalue weighted by atomic mass is 9.89. The van der Waals surface area contributed by atoms with Gasteiger partial charge >= 0.3 is 0 Å². The molecule has 0 aromatic carbocycles. The summed E-state index contributed by atoms with van der Waals surface area (Å²) in [7, 11) is 0. The number of halogens is 1. The number of piperidine rings is 2. The van der Waals surface area contributed by atoms with Gasteiger partial charge in [-0.05, 0) is 56.0 Å². The van der Waals surface area contributed by atoms with Gasteiger partial charge in [0.25, 0.3) is 0 Å². The van der Waals surface area contributed by atoms with Gasteiger partial charge in [0.05, 0.1) is 0 Å². The van der Waals surface area contributed by atoms with E-state index in [-0.39, 0.29) is 12.4 Å². The zero-order chi connectivity index (χ0) is 12.8. The number of nitrogens with zero attached hydrogens (tertiary/aromatic N) is 1. The summed E-state index contributed by atoms with van der Waals surface area (Å²) in [6.07, 6.45) is 4.86. The Morgan fingerprint density at radius 1 is 1.16 bits per heavy atom.